The number of benzene rings is 2. The van der Waals surface area contributed by atoms with Gasteiger partial charge in [0, 0.05) is 12.6 Å². The number of rotatable bonds is 9. The molecule has 0 saturated heterocycles. The van der Waals surface area contributed by atoms with Crippen molar-refractivity contribution in [3.8, 4) is 6.07 Å². The molecular weight excluding hydrogens is 397 g/mol. The summed E-state index contributed by atoms with van der Waals surface area (Å²) in [5, 5.41) is 10.2. The van der Waals surface area contributed by atoms with E-state index < -0.39 is 17.2 Å². The Morgan fingerprint density at radius 1 is 1.00 bits per heavy atom. The summed E-state index contributed by atoms with van der Waals surface area (Å²) in [6.07, 6.45) is 0.146. The number of hydrogen-bond acceptors (Lipinski definition) is 2. The van der Waals surface area contributed by atoms with Crippen LogP contribution in [0.3, 0.4) is 0 Å². The van der Waals surface area contributed by atoms with Crippen LogP contribution in [-0.2, 0) is 18.1 Å². The van der Waals surface area contributed by atoms with Crippen molar-refractivity contribution in [2.24, 2.45) is 5.92 Å². The summed E-state index contributed by atoms with van der Waals surface area (Å²) in [7, 11) is 0. The van der Waals surface area contributed by atoms with E-state index in [1.54, 1.807) is 0 Å². The standard InChI is InChI=1S/C26H31F3N2/c1-20(2)31(18-21-8-4-3-5-9-21)17-7-16-25(19-30,22-10-6-11-22)23-12-14-24(15-13-23)26(27,28)29/h3-5,8-9,12-15,20,22H,6-7,10-11,16-18H2,1-2H3. The number of hydrogen-bond donors (Lipinski definition) is 0. The monoisotopic (exact) mass is 428 g/mol. The molecular formula is C26H31F3N2. The van der Waals surface area contributed by atoms with Crippen molar-refractivity contribution in [1.29, 1.82) is 5.26 Å². The quantitative estimate of drug-likeness (QED) is 0.432. The van der Waals surface area contributed by atoms with Gasteiger partial charge in [0.1, 0.15) is 0 Å². The zero-order valence-corrected chi connectivity index (χ0v) is 18.3. The molecule has 1 aliphatic rings. The van der Waals surface area contributed by atoms with Crippen molar-refractivity contribution >= 4 is 0 Å². The second kappa shape index (κ2) is 9.87. The molecule has 31 heavy (non-hydrogen) atoms. The van der Waals surface area contributed by atoms with Crippen molar-refractivity contribution in [3.63, 3.8) is 0 Å². The Hall–Kier alpha value is -2.32. The van der Waals surface area contributed by atoms with Crippen molar-refractivity contribution in [2.75, 3.05) is 6.54 Å². The third-order valence-electron chi connectivity index (χ3n) is 6.70. The zero-order chi connectivity index (χ0) is 22.5. The zero-order valence-electron chi connectivity index (χ0n) is 18.3. The summed E-state index contributed by atoms with van der Waals surface area (Å²) < 4.78 is 39.0. The summed E-state index contributed by atoms with van der Waals surface area (Å²) in [4.78, 5) is 2.39. The summed E-state index contributed by atoms with van der Waals surface area (Å²) in [6.45, 7) is 6.04. The molecule has 166 valence electrons. The van der Waals surface area contributed by atoms with E-state index in [0.29, 0.717) is 12.5 Å². The second-order valence-corrected chi connectivity index (χ2v) is 8.94. The Kier molecular flexibility index (Phi) is 7.43. The van der Waals surface area contributed by atoms with Gasteiger partial charge in [-0.2, -0.15) is 18.4 Å². The molecule has 1 fully saturated rings. The van der Waals surface area contributed by atoms with Crippen LogP contribution in [0.1, 0.15) is 62.6 Å². The molecule has 1 atom stereocenters. The smallest absolute Gasteiger partial charge is 0.297 e. The first kappa shape index (κ1) is 23.3. The Labute approximate surface area is 183 Å². The molecule has 1 saturated carbocycles. The fourth-order valence-electron chi connectivity index (χ4n) is 4.55. The number of halogens is 3. The fraction of sp³-hybridized carbons (Fsp3) is 0.500. The van der Waals surface area contributed by atoms with Crippen LogP contribution in [0, 0.1) is 17.2 Å². The number of nitriles is 1. The third-order valence-corrected chi connectivity index (χ3v) is 6.70. The van der Waals surface area contributed by atoms with Crippen LogP contribution < -0.4 is 0 Å². The van der Waals surface area contributed by atoms with Crippen molar-refractivity contribution in [3.05, 3.63) is 71.3 Å². The fourth-order valence-corrected chi connectivity index (χ4v) is 4.55. The van der Waals surface area contributed by atoms with Crippen LogP contribution in [0.15, 0.2) is 54.6 Å². The van der Waals surface area contributed by atoms with E-state index in [1.807, 2.05) is 18.2 Å². The molecule has 1 aliphatic carbocycles. The highest BCUT2D eigenvalue weighted by Gasteiger charge is 2.43. The van der Waals surface area contributed by atoms with Gasteiger partial charge in [-0.05, 0) is 75.3 Å². The van der Waals surface area contributed by atoms with Crippen LogP contribution in [0.2, 0.25) is 0 Å². The maximum absolute atomic E-state index is 13.0. The van der Waals surface area contributed by atoms with E-state index in [1.165, 1.54) is 17.7 Å². The Bertz CT molecular complexity index is 864. The normalized spacial score (nSPS) is 16.7. The molecule has 2 aromatic rings. The SMILES string of the molecule is CC(C)N(CCCC(C#N)(c1ccc(C(F)(F)F)cc1)C1CCC1)Cc1ccccc1. The molecule has 0 amide bonds. The van der Waals surface area contributed by atoms with Crippen LogP contribution in [0.5, 0.6) is 0 Å². The highest BCUT2D eigenvalue weighted by molar-refractivity contribution is 5.37. The molecule has 0 spiro atoms. The van der Waals surface area contributed by atoms with Crippen LogP contribution in [-0.4, -0.2) is 17.5 Å². The van der Waals surface area contributed by atoms with Crippen molar-refractivity contribution in [1.82, 2.24) is 4.90 Å². The minimum Gasteiger partial charge on any atom is -0.297 e. The van der Waals surface area contributed by atoms with Gasteiger partial charge in [-0.1, -0.05) is 48.9 Å². The van der Waals surface area contributed by atoms with Gasteiger partial charge in [-0.25, -0.2) is 0 Å². The van der Waals surface area contributed by atoms with Crippen LogP contribution >= 0.6 is 0 Å². The Morgan fingerprint density at radius 3 is 2.10 bits per heavy atom. The molecule has 0 N–H and O–H groups in total. The molecule has 3 rings (SSSR count). The van der Waals surface area contributed by atoms with Crippen LogP contribution in [0.25, 0.3) is 0 Å². The molecule has 5 heteroatoms. The van der Waals surface area contributed by atoms with Crippen LogP contribution in [0.4, 0.5) is 13.2 Å². The summed E-state index contributed by atoms with van der Waals surface area (Å²) >= 11 is 0. The molecule has 1 unspecified atom stereocenters. The van der Waals surface area contributed by atoms with E-state index in [2.05, 4.69) is 36.9 Å². The lowest BCUT2D eigenvalue weighted by Crippen LogP contribution is -2.39. The lowest BCUT2D eigenvalue weighted by Gasteiger charge is -2.41. The van der Waals surface area contributed by atoms with Gasteiger partial charge in [0.2, 0.25) is 0 Å². The van der Waals surface area contributed by atoms with E-state index in [-0.39, 0.29) is 5.92 Å². The largest absolute Gasteiger partial charge is 0.416 e. The summed E-state index contributed by atoms with van der Waals surface area (Å²) in [5.41, 5.74) is 0.611. The van der Waals surface area contributed by atoms with E-state index >= 15 is 0 Å². The van der Waals surface area contributed by atoms with Crippen molar-refractivity contribution < 1.29 is 13.2 Å². The summed E-state index contributed by atoms with van der Waals surface area (Å²) in [5.74, 6) is 0.218. The topological polar surface area (TPSA) is 27.0 Å². The summed E-state index contributed by atoms with van der Waals surface area (Å²) in [6, 6.07) is 18.5. The first-order valence-electron chi connectivity index (χ1n) is 11.1. The highest BCUT2D eigenvalue weighted by Crippen LogP contribution is 2.47. The van der Waals surface area contributed by atoms with E-state index in [4.69, 9.17) is 0 Å². The van der Waals surface area contributed by atoms with Gasteiger partial charge < -0.3 is 0 Å². The lowest BCUT2D eigenvalue weighted by atomic mass is 9.60. The predicted molar refractivity (Wildman–Crippen MR) is 117 cm³/mol. The highest BCUT2D eigenvalue weighted by atomic mass is 19.4. The maximum atomic E-state index is 13.0. The average Bonchev–Trinajstić information content (AvgIpc) is 2.71. The average molecular weight is 429 g/mol. The molecule has 0 heterocycles. The van der Waals surface area contributed by atoms with E-state index in [0.717, 1.165) is 56.5 Å². The third kappa shape index (κ3) is 5.49. The van der Waals surface area contributed by atoms with Gasteiger partial charge in [-0.15, -0.1) is 0 Å². The second-order valence-electron chi connectivity index (χ2n) is 8.94. The molecule has 2 aromatic carbocycles. The number of alkyl halides is 3. The molecule has 0 aromatic heterocycles. The van der Waals surface area contributed by atoms with Gasteiger partial charge in [0.15, 0.2) is 0 Å². The molecule has 2 nitrogen and oxygen atoms in total. The van der Waals surface area contributed by atoms with Gasteiger partial charge in [0.25, 0.3) is 0 Å². The van der Waals surface area contributed by atoms with Gasteiger partial charge in [-0.3, -0.25) is 4.90 Å². The van der Waals surface area contributed by atoms with Gasteiger partial charge in [0.05, 0.1) is 17.0 Å². The minimum atomic E-state index is -4.36. The molecule has 0 radical (unpaired) electrons. The van der Waals surface area contributed by atoms with Gasteiger partial charge >= 0.3 is 6.18 Å². The minimum absolute atomic E-state index is 0.218. The first-order valence-corrected chi connectivity index (χ1v) is 11.1. The maximum Gasteiger partial charge on any atom is 0.416 e. The number of nitrogens with zero attached hydrogens (tertiary/aromatic N) is 2. The molecule has 0 aliphatic heterocycles. The van der Waals surface area contributed by atoms with E-state index in [9.17, 15) is 18.4 Å². The van der Waals surface area contributed by atoms with Crippen molar-refractivity contribution in [2.45, 2.75) is 70.1 Å². The predicted octanol–water partition coefficient (Wildman–Crippen LogP) is 6.96. The Balaban J connectivity index is 1.74. The first-order chi connectivity index (χ1) is 14.8. The molecule has 0 bridgehead atoms. The lowest BCUT2D eigenvalue weighted by molar-refractivity contribution is -0.137. The Morgan fingerprint density at radius 2 is 1.61 bits per heavy atom.